The maximum absolute atomic E-state index is 9.02. The number of morpholine rings is 1. The summed E-state index contributed by atoms with van der Waals surface area (Å²) in [6.45, 7) is 5.58. The van der Waals surface area contributed by atoms with Crippen molar-refractivity contribution in [1.82, 2.24) is 4.90 Å². The second-order valence-corrected chi connectivity index (χ2v) is 3.81. The summed E-state index contributed by atoms with van der Waals surface area (Å²) in [6, 6.07) is 0.554. The van der Waals surface area contributed by atoms with E-state index >= 15 is 0 Å². The third-order valence-corrected chi connectivity index (χ3v) is 2.86. The second-order valence-electron chi connectivity index (χ2n) is 3.81. The molecule has 84 valence electrons. The fourth-order valence-corrected chi connectivity index (χ4v) is 2.02. The third-order valence-electron chi connectivity index (χ3n) is 2.86. The van der Waals surface area contributed by atoms with Crippen LogP contribution in [0.5, 0.6) is 0 Å². The van der Waals surface area contributed by atoms with E-state index in [-0.39, 0.29) is 12.7 Å². The molecule has 3 N–H and O–H groups in total. The van der Waals surface area contributed by atoms with Gasteiger partial charge in [0.25, 0.3) is 0 Å². The third kappa shape index (κ3) is 3.20. The highest BCUT2D eigenvalue weighted by atomic mass is 16.5. The van der Waals surface area contributed by atoms with Crippen molar-refractivity contribution in [3.05, 3.63) is 0 Å². The van der Waals surface area contributed by atoms with E-state index in [2.05, 4.69) is 11.8 Å². The molecular weight excluding hydrogens is 180 g/mol. The quantitative estimate of drug-likeness (QED) is 0.648. The number of aliphatic hydroxyl groups is 1. The molecule has 0 aromatic heterocycles. The number of aliphatic hydroxyl groups excluding tert-OH is 1. The zero-order valence-corrected chi connectivity index (χ0v) is 8.98. The highest BCUT2D eigenvalue weighted by Gasteiger charge is 2.24. The second kappa shape index (κ2) is 6.35. The van der Waals surface area contributed by atoms with Crippen LogP contribution in [0.3, 0.4) is 0 Å². The van der Waals surface area contributed by atoms with Gasteiger partial charge in [0, 0.05) is 19.1 Å². The van der Waals surface area contributed by atoms with Gasteiger partial charge in [-0.1, -0.05) is 6.92 Å². The van der Waals surface area contributed by atoms with Crippen molar-refractivity contribution >= 4 is 0 Å². The Morgan fingerprint density at radius 2 is 2.43 bits per heavy atom. The minimum atomic E-state index is -0.00410. The minimum Gasteiger partial charge on any atom is -0.394 e. The molecule has 1 aliphatic rings. The van der Waals surface area contributed by atoms with Crippen LogP contribution in [0.25, 0.3) is 0 Å². The van der Waals surface area contributed by atoms with E-state index in [4.69, 9.17) is 15.6 Å². The number of hydrogen-bond donors (Lipinski definition) is 2. The van der Waals surface area contributed by atoms with Gasteiger partial charge in [-0.2, -0.15) is 0 Å². The van der Waals surface area contributed by atoms with Crippen molar-refractivity contribution in [1.29, 1.82) is 0 Å². The Morgan fingerprint density at radius 3 is 3.00 bits per heavy atom. The summed E-state index contributed by atoms with van der Waals surface area (Å²) in [7, 11) is 0. The summed E-state index contributed by atoms with van der Waals surface area (Å²) in [6.07, 6.45) is 2.15. The van der Waals surface area contributed by atoms with Crippen LogP contribution in [-0.4, -0.2) is 55.0 Å². The minimum absolute atomic E-state index is 0.00410. The van der Waals surface area contributed by atoms with E-state index in [9.17, 15) is 0 Å². The standard InChI is InChI=1S/C10H22N2O2/c1-2-9(3-4-11)12-5-6-14-10(7-12)8-13/h9-10,13H,2-8,11H2,1H3. The van der Waals surface area contributed by atoms with Crippen molar-refractivity contribution in [2.45, 2.75) is 31.9 Å². The molecule has 4 nitrogen and oxygen atoms in total. The van der Waals surface area contributed by atoms with Crippen LogP contribution in [-0.2, 0) is 4.74 Å². The Bertz CT molecular complexity index is 155. The number of ether oxygens (including phenoxy) is 1. The van der Waals surface area contributed by atoms with Gasteiger partial charge in [-0.25, -0.2) is 0 Å². The molecule has 2 atom stereocenters. The lowest BCUT2D eigenvalue weighted by atomic mass is 10.1. The predicted molar refractivity (Wildman–Crippen MR) is 56.1 cm³/mol. The zero-order chi connectivity index (χ0) is 10.4. The highest BCUT2D eigenvalue weighted by molar-refractivity contribution is 4.77. The van der Waals surface area contributed by atoms with Gasteiger partial charge in [0.1, 0.15) is 0 Å². The molecule has 2 unspecified atom stereocenters. The molecule has 1 saturated heterocycles. The van der Waals surface area contributed by atoms with E-state index in [1.807, 2.05) is 0 Å². The summed E-state index contributed by atoms with van der Waals surface area (Å²) in [5.41, 5.74) is 5.57. The van der Waals surface area contributed by atoms with Gasteiger partial charge in [-0.3, -0.25) is 4.90 Å². The Hall–Kier alpha value is -0.160. The first kappa shape index (κ1) is 11.9. The average Bonchev–Trinajstić information content (AvgIpc) is 2.26. The number of rotatable bonds is 5. The fourth-order valence-electron chi connectivity index (χ4n) is 2.02. The summed E-state index contributed by atoms with van der Waals surface area (Å²) >= 11 is 0. The average molecular weight is 202 g/mol. The first-order valence-corrected chi connectivity index (χ1v) is 5.48. The summed E-state index contributed by atoms with van der Waals surface area (Å²) in [5.74, 6) is 0. The van der Waals surface area contributed by atoms with E-state index in [1.54, 1.807) is 0 Å². The Morgan fingerprint density at radius 1 is 1.64 bits per heavy atom. The van der Waals surface area contributed by atoms with Crippen LogP contribution in [0.15, 0.2) is 0 Å². The van der Waals surface area contributed by atoms with Crippen molar-refractivity contribution in [3.63, 3.8) is 0 Å². The van der Waals surface area contributed by atoms with Crippen molar-refractivity contribution in [2.24, 2.45) is 5.73 Å². The molecule has 0 spiro atoms. The van der Waals surface area contributed by atoms with Gasteiger partial charge in [-0.15, -0.1) is 0 Å². The molecule has 1 aliphatic heterocycles. The topological polar surface area (TPSA) is 58.7 Å². The Kier molecular flexibility index (Phi) is 5.40. The van der Waals surface area contributed by atoms with Crippen molar-refractivity contribution < 1.29 is 9.84 Å². The number of nitrogens with two attached hydrogens (primary N) is 1. The largest absolute Gasteiger partial charge is 0.394 e. The van der Waals surface area contributed by atoms with Crippen LogP contribution in [0.1, 0.15) is 19.8 Å². The van der Waals surface area contributed by atoms with Crippen LogP contribution in [0, 0.1) is 0 Å². The fraction of sp³-hybridized carbons (Fsp3) is 1.00. The Labute approximate surface area is 86.0 Å². The van der Waals surface area contributed by atoms with E-state index in [0.29, 0.717) is 6.04 Å². The van der Waals surface area contributed by atoms with Gasteiger partial charge in [0.05, 0.1) is 19.3 Å². The van der Waals surface area contributed by atoms with Crippen molar-refractivity contribution in [2.75, 3.05) is 32.8 Å². The maximum Gasteiger partial charge on any atom is 0.0932 e. The molecule has 0 aromatic carbocycles. The molecule has 14 heavy (non-hydrogen) atoms. The summed E-state index contributed by atoms with van der Waals surface area (Å²) in [4.78, 5) is 2.39. The first-order chi connectivity index (χ1) is 6.81. The molecule has 0 saturated carbocycles. The molecule has 1 heterocycles. The van der Waals surface area contributed by atoms with E-state index in [1.165, 1.54) is 0 Å². The highest BCUT2D eigenvalue weighted by Crippen LogP contribution is 2.13. The number of hydrogen-bond acceptors (Lipinski definition) is 4. The lowest BCUT2D eigenvalue weighted by Gasteiger charge is -2.37. The van der Waals surface area contributed by atoms with Gasteiger partial charge in [-0.05, 0) is 19.4 Å². The van der Waals surface area contributed by atoms with Crippen LogP contribution < -0.4 is 5.73 Å². The van der Waals surface area contributed by atoms with E-state index in [0.717, 1.165) is 39.1 Å². The van der Waals surface area contributed by atoms with Crippen molar-refractivity contribution in [3.8, 4) is 0 Å². The van der Waals surface area contributed by atoms with Gasteiger partial charge in [0.15, 0.2) is 0 Å². The molecule has 0 aliphatic carbocycles. The maximum atomic E-state index is 9.02. The summed E-state index contributed by atoms with van der Waals surface area (Å²) < 4.78 is 5.41. The van der Waals surface area contributed by atoms with Crippen LogP contribution in [0.4, 0.5) is 0 Å². The van der Waals surface area contributed by atoms with E-state index < -0.39 is 0 Å². The van der Waals surface area contributed by atoms with Gasteiger partial charge in [0.2, 0.25) is 0 Å². The molecule has 0 radical (unpaired) electrons. The van der Waals surface area contributed by atoms with Crippen LogP contribution >= 0.6 is 0 Å². The van der Waals surface area contributed by atoms with Gasteiger partial charge < -0.3 is 15.6 Å². The van der Waals surface area contributed by atoms with Crippen LogP contribution in [0.2, 0.25) is 0 Å². The van der Waals surface area contributed by atoms with Gasteiger partial charge >= 0.3 is 0 Å². The molecule has 1 rings (SSSR count). The zero-order valence-electron chi connectivity index (χ0n) is 8.98. The molecular formula is C10H22N2O2. The lowest BCUT2D eigenvalue weighted by Crippen LogP contribution is -2.49. The molecule has 1 fully saturated rings. The normalized spacial score (nSPS) is 26.4. The molecule has 0 amide bonds. The SMILES string of the molecule is CCC(CCN)N1CCOC(CO)C1. The summed E-state index contributed by atoms with van der Waals surface area (Å²) in [5, 5.41) is 9.02. The predicted octanol–water partition coefficient (Wildman–Crippen LogP) is -0.193. The smallest absolute Gasteiger partial charge is 0.0932 e. The molecule has 0 bridgehead atoms. The molecule has 0 aromatic rings. The monoisotopic (exact) mass is 202 g/mol. The number of nitrogens with zero attached hydrogens (tertiary/aromatic N) is 1. The molecule has 4 heteroatoms. The Balaban J connectivity index is 2.40. The lowest BCUT2D eigenvalue weighted by molar-refractivity contribution is -0.0657. The first-order valence-electron chi connectivity index (χ1n) is 5.48.